The van der Waals surface area contributed by atoms with Crippen LogP contribution < -0.4 is 10.2 Å². The Labute approximate surface area is 118 Å². The fraction of sp³-hybridized carbons (Fsp3) is 0.250. The first kappa shape index (κ1) is 14.1. The van der Waals surface area contributed by atoms with Crippen molar-refractivity contribution in [2.24, 2.45) is 0 Å². The molecule has 0 saturated carbocycles. The highest BCUT2D eigenvalue weighted by Crippen LogP contribution is 2.13. The number of amides is 1. The molecule has 0 bridgehead atoms. The van der Waals surface area contributed by atoms with Crippen molar-refractivity contribution < 1.29 is 9.59 Å². The average Bonchev–Trinajstić information content (AvgIpc) is 2.97. The summed E-state index contributed by atoms with van der Waals surface area (Å²) in [7, 11) is 1.93. The molecule has 20 heavy (non-hydrogen) atoms. The van der Waals surface area contributed by atoms with Gasteiger partial charge in [-0.05, 0) is 30.3 Å². The van der Waals surface area contributed by atoms with Crippen molar-refractivity contribution >= 4 is 17.9 Å². The lowest BCUT2D eigenvalue weighted by molar-refractivity contribution is -0.120. The number of benzene rings is 1. The van der Waals surface area contributed by atoms with E-state index in [2.05, 4.69) is 5.32 Å². The van der Waals surface area contributed by atoms with Crippen LogP contribution in [0.25, 0.3) is 0 Å². The van der Waals surface area contributed by atoms with Gasteiger partial charge in [-0.3, -0.25) is 9.59 Å². The third kappa shape index (κ3) is 3.82. The number of carbonyl (C=O) groups excluding carboxylic acids is 2. The van der Waals surface area contributed by atoms with E-state index in [0.717, 1.165) is 24.1 Å². The molecule has 0 atom stereocenters. The SMILES string of the molecule is CN(CCC(=O)NC1=CC=CC1)c1ccc(C=O)cc1. The number of aldehydes is 1. The topological polar surface area (TPSA) is 49.4 Å². The lowest BCUT2D eigenvalue weighted by Crippen LogP contribution is -2.28. The summed E-state index contributed by atoms with van der Waals surface area (Å²) < 4.78 is 0. The quantitative estimate of drug-likeness (QED) is 0.807. The molecule has 0 saturated heterocycles. The highest BCUT2D eigenvalue weighted by Gasteiger charge is 2.08. The van der Waals surface area contributed by atoms with Crippen LogP contribution in [0.1, 0.15) is 23.2 Å². The van der Waals surface area contributed by atoms with Gasteiger partial charge in [0.1, 0.15) is 6.29 Å². The summed E-state index contributed by atoms with van der Waals surface area (Å²) in [5, 5.41) is 2.89. The molecule has 1 aliphatic carbocycles. The van der Waals surface area contributed by atoms with Gasteiger partial charge in [0.25, 0.3) is 0 Å². The second-order valence-corrected chi connectivity index (χ2v) is 4.75. The summed E-state index contributed by atoms with van der Waals surface area (Å²) in [6, 6.07) is 7.30. The van der Waals surface area contributed by atoms with Crippen LogP contribution in [0.15, 0.2) is 48.2 Å². The van der Waals surface area contributed by atoms with E-state index in [1.807, 2.05) is 42.3 Å². The highest BCUT2D eigenvalue weighted by molar-refractivity contribution is 5.79. The van der Waals surface area contributed by atoms with Crippen LogP contribution in [0.4, 0.5) is 5.69 Å². The zero-order chi connectivity index (χ0) is 14.4. The second kappa shape index (κ2) is 6.70. The molecule has 4 heteroatoms. The molecule has 0 aliphatic heterocycles. The van der Waals surface area contributed by atoms with E-state index in [9.17, 15) is 9.59 Å². The Hall–Kier alpha value is -2.36. The zero-order valence-corrected chi connectivity index (χ0v) is 11.5. The molecule has 1 aromatic rings. The van der Waals surface area contributed by atoms with Gasteiger partial charge in [0.2, 0.25) is 5.91 Å². The van der Waals surface area contributed by atoms with Gasteiger partial charge in [-0.15, -0.1) is 0 Å². The van der Waals surface area contributed by atoms with Crippen molar-refractivity contribution in [2.45, 2.75) is 12.8 Å². The fourth-order valence-corrected chi connectivity index (χ4v) is 1.99. The van der Waals surface area contributed by atoms with E-state index in [0.29, 0.717) is 18.5 Å². The number of allylic oxidation sites excluding steroid dienone is 3. The minimum absolute atomic E-state index is 0.0244. The normalized spacial score (nSPS) is 12.9. The number of rotatable bonds is 6. The van der Waals surface area contributed by atoms with Crippen molar-refractivity contribution in [1.82, 2.24) is 5.32 Å². The first-order chi connectivity index (χ1) is 9.69. The number of nitrogens with zero attached hydrogens (tertiary/aromatic N) is 1. The first-order valence-electron chi connectivity index (χ1n) is 6.61. The number of hydrogen-bond donors (Lipinski definition) is 1. The van der Waals surface area contributed by atoms with Crippen molar-refractivity contribution in [3.05, 3.63) is 53.8 Å². The van der Waals surface area contributed by atoms with Gasteiger partial charge in [0, 0.05) is 43.4 Å². The molecule has 1 aliphatic rings. The van der Waals surface area contributed by atoms with Crippen molar-refractivity contribution in [2.75, 3.05) is 18.5 Å². The molecule has 2 rings (SSSR count). The minimum atomic E-state index is 0.0244. The summed E-state index contributed by atoms with van der Waals surface area (Å²) in [6.45, 7) is 0.632. The second-order valence-electron chi connectivity index (χ2n) is 4.75. The van der Waals surface area contributed by atoms with E-state index >= 15 is 0 Å². The third-order valence-electron chi connectivity index (χ3n) is 3.22. The number of hydrogen-bond acceptors (Lipinski definition) is 3. The van der Waals surface area contributed by atoms with E-state index < -0.39 is 0 Å². The summed E-state index contributed by atoms with van der Waals surface area (Å²) >= 11 is 0. The Morgan fingerprint density at radius 3 is 2.70 bits per heavy atom. The van der Waals surface area contributed by atoms with Gasteiger partial charge in [0.05, 0.1) is 0 Å². The van der Waals surface area contributed by atoms with Crippen LogP contribution in [0.5, 0.6) is 0 Å². The zero-order valence-electron chi connectivity index (χ0n) is 11.5. The monoisotopic (exact) mass is 270 g/mol. The van der Waals surface area contributed by atoms with E-state index in [1.165, 1.54) is 0 Å². The molecule has 0 unspecified atom stereocenters. The molecule has 0 aromatic heterocycles. The fourth-order valence-electron chi connectivity index (χ4n) is 1.99. The molecule has 1 amide bonds. The van der Waals surface area contributed by atoms with Crippen LogP contribution in [-0.4, -0.2) is 25.8 Å². The van der Waals surface area contributed by atoms with Crippen LogP contribution in [-0.2, 0) is 4.79 Å². The van der Waals surface area contributed by atoms with E-state index in [1.54, 1.807) is 12.1 Å². The van der Waals surface area contributed by atoms with Crippen LogP contribution >= 0.6 is 0 Å². The molecule has 0 fully saturated rings. The smallest absolute Gasteiger partial charge is 0.225 e. The summed E-state index contributed by atoms with van der Waals surface area (Å²) in [5.74, 6) is 0.0244. The van der Waals surface area contributed by atoms with E-state index in [-0.39, 0.29) is 5.91 Å². The van der Waals surface area contributed by atoms with Crippen molar-refractivity contribution in [3.63, 3.8) is 0 Å². The van der Waals surface area contributed by atoms with Crippen molar-refractivity contribution in [1.29, 1.82) is 0 Å². The Kier molecular flexibility index (Phi) is 4.71. The van der Waals surface area contributed by atoms with Crippen LogP contribution in [0.3, 0.4) is 0 Å². The average molecular weight is 270 g/mol. The van der Waals surface area contributed by atoms with Gasteiger partial charge in [-0.25, -0.2) is 0 Å². The standard InChI is InChI=1S/C16H18N2O2/c1-18(15-8-6-13(12-19)7-9-15)11-10-16(20)17-14-4-2-3-5-14/h2-4,6-9,12H,5,10-11H2,1H3,(H,17,20). The minimum Gasteiger partial charge on any atom is -0.374 e. The molecule has 0 heterocycles. The maximum absolute atomic E-state index is 11.8. The van der Waals surface area contributed by atoms with Crippen LogP contribution in [0, 0.1) is 0 Å². The molecular formula is C16H18N2O2. The molecule has 4 nitrogen and oxygen atoms in total. The van der Waals surface area contributed by atoms with Crippen LogP contribution in [0.2, 0.25) is 0 Å². The Balaban J connectivity index is 1.80. The number of nitrogens with one attached hydrogen (secondary N) is 1. The van der Waals surface area contributed by atoms with Gasteiger partial charge >= 0.3 is 0 Å². The summed E-state index contributed by atoms with van der Waals surface area (Å²) in [5.41, 5.74) is 2.60. The first-order valence-corrected chi connectivity index (χ1v) is 6.61. The largest absolute Gasteiger partial charge is 0.374 e. The number of carbonyl (C=O) groups is 2. The molecule has 1 aromatic carbocycles. The molecule has 104 valence electrons. The van der Waals surface area contributed by atoms with Gasteiger partial charge < -0.3 is 10.2 Å². The van der Waals surface area contributed by atoms with Gasteiger partial charge in [-0.1, -0.05) is 12.2 Å². The lowest BCUT2D eigenvalue weighted by atomic mass is 10.2. The summed E-state index contributed by atoms with van der Waals surface area (Å²) in [4.78, 5) is 24.4. The Morgan fingerprint density at radius 1 is 1.35 bits per heavy atom. The molecular weight excluding hydrogens is 252 g/mol. The van der Waals surface area contributed by atoms with Gasteiger partial charge in [0.15, 0.2) is 0 Å². The van der Waals surface area contributed by atoms with E-state index in [4.69, 9.17) is 0 Å². The lowest BCUT2D eigenvalue weighted by Gasteiger charge is -2.19. The molecule has 1 N–H and O–H groups in total. The third-order valence-corrected chi connectivity index (χ3v) is 3.22. The summed E-state index contributed by atoms with van der Waals surface area (Å²) in [6.07, 6.45) is 7.92. The maximum atomic E-state index is 11.8. The Morgan fingerprint density at radius 2 is 2.10 bits per heavy atom. The molecule has 0 radical (unpaired) electrons. The predicted molar refractivity (Wildman–Crippen MR) is 79.7 cm³/mol. The molecule has 0 spiro atoms. The number of anilines is 1. The maximum Gasteiger partial charge on any atom is 0.225 e. The van der Waals surface area contributed by atoms with Gasteiger partial charge in [-0.2, -0.15) is 0 Å². The predicted octanol–water partition coefficient (Wildman–Crippen LogP) is 2.29. The highest BCUT2D eigenvalue weighted by atomic mass is 16.1. The van der Waals surface area contributed by atoms with Crippen molar-refractivity contribution in [3.8, 4) is 0 Å². The Bertz CT molecular complexity index is 544.